The minimum absolute atomic E-state index is 0. The molecule has 2 N–H and O–H groups in total. The van der Waals surface area contributed by atoms with Crippen molar-refractivity contribution in [1.82, 2.24) is 0 Å². The number of hydrogen-bond acceptors (Lipinski definition) is 0. The third-order valence-corrected chi connectivity index (χ3v) is 0. The van der Waals surface area contributed by atoms with Gasteiger partial charge in [-0.3, -0.25) is 0 Å². The second kappa shape index (κ2) is 17.4. The van der Waals surface area contributed by atoms with E-state index in [9.17, 15) is 0 Å². The van der Waals surface area contributed by atoms with Gasteiger partial charge in [0, 0.05) is 41.7 Å². The van der Waals surface area contributed by atoms with Crippen LogP contribution in [-0.4, -0.2) is 45.9 Å². The van der Waals surface area contributed by atoms with Crippen molar-refractivity contribution in [2.24, 2.45) is 0 Å². The van der Waals surface area contributed by atoms with E-state index in [1.54, 1.807) is 0 Å². The average Bonchev–Trinajstić information content (AvgIpc) is 0. The molecule has 0 atom stereocenters. The van der Waals surface area contributed by atoms with Crippen LogP contribution in [0.4, 0.5) is 0 Å². The zero-order valence-electron chi connectivity index (χ0n) is 3.71. The van der Waals surface area contributed by atoms with Gasteiger partial charge in [-0.25, -0.2) is 0 Å². The van der Waals surface area contributed by atoms with Crippen molar-refractivity contribution in [3.63, 3.8) is 0 Å². The quantitative estimate of drug-likeness (QED) is 0.411. The summed E-state index contributed by atoms with van der Waals surface area (Å²) in [5.74, 6) is 0. The summed E-state index contributed by atoms with van der Waals surface area (Å²) in [5, 5.41) is 0. The third-order valence-electron chi connectivity index (χ3n) is 0. The van der Waals surface area contributed by atoms with E-state index in [1.807, 2.05) is 0 Å². The Hall–Kier alpha value is 2.64. The van der Waals surface area contributed by atoms with Crippen molar-refractivity contribution in [2.45, 2.75) is 0 Å². The standard InChI is InChI=1S/Al.Ce.Mg.H2O.5H/h;;;1H2;;;;;/q;;+2;;;;;2*-1. The van der Waals surface area contributed by atoms with Gasteiger partial charge >= 0.3 is 23.1 Å². The molecular weight excluding hydrogens is 207 g/mol. The van der Waals surface area contributed by atoms with Crippen molar-refractivity contribution in [3.8, 4) is 0 Å². The molecule has 22 valence electrons. The molecule has 4 heteroatoms. The normalized spacial score (nSPS) is 0. The van der Waals surface area contributed by atoms with Gasteiger partial charge in [0.05, 0.1) is 0 Å². The molecule has 0 amide bonds. The van der Waals surface area contributed by atoms with E-state index >= 15 is 0 Å². The molecule has 0 aliphatic rings. The molecule has 0 fully saturated rings. The Morgan fingerprint density at radius 1 is 1.25 bits per heavy atom. The largest absolute Gasteiger partial charge is 2.00 e. The molecule has 0 rings (SSSR count). The average molecular weight is 214 g/mol. The number of hydrogen-bond donors (Lipinski definition) is 0. The molecule has 0 heterocycles. The van der Waals surface area contributed by atoms with Gasteiger partial charge in [-0.05, 0) is 0 Å². The molecule has 0 aliphatic carbocycles. The summed E-state index contributed by atoms with van der Waals surface area (Å²) >= 11 is 0. The summed E-state index contributed by atoms with van der Waals surface area (Å²) in [6.07, 6.45) is 0. The molecule has 0 aromatic carbocycles. The smallest absolute Gasteiger partial charge is 1.00 e. The van der Waals surface area contributed by atoms with Crippen molar-refractivity contribution < 1.29 is 50.1 Å². The van der Waals surface area contributed by atoms with Gasteiger partial charge in [0.1, 0.15) is 0 Å². The summed E-state index contributed by atoms with van der Waals surface area (Å²) in [5.41, 5.74) is 0. The SMILES string of the molecule is O.[AlH3].[Ce].[H-].[H-].[Mg+2]. The van der Waals surface area contributed by atoms with Crippen molar-refractivity contribution in [2.75, 3.05) is 0 Å². The fourth-order valence-corrected chi connectivity index (χ4v) is 0. The van der Waals surface area contributed by atoms with Crippen LogP contribution in [0.25, 0.3) is 0 Å². The number of rotatable bonds is 0. The molecule has 0 saturated heterocycles. The van der Waals surface area contributed by atoms with Crippen molar-refractivity contribution >= 4 is 40.4 Å². The molecule has 1 nitrogen and oxygen atoms in total. The molecule has 0 bridgehead atoms. The first-order chi connectivity index (χ1) is 0. The maximum Gasteiger partial charge on any atom is 2.00 e. The summed E-state index contributed by atoms with van der Waals surface area (Å²) in [7, 11) is 0. The Balaban J connectivity index is 0. The van der Waals surface area contributed by atoms with Gasteiger partial charge < -0.3 is 8.33 Å². The van der Waals surface area contributed by atoms with Gasteiger partial charge in [-0.2, -0.15) is 0 Å². The van der Waals surface area contributed by atoms with E-state index in [4.69, 9.17) is 0 Å². The second-order valence-electron chi connectivity index (χ2n) is 0. The topological polar surface area (TPSA) is 31.5 Å². The third kappa shape index (κ3) is 8.82. The van der Waals surface area contributed by atoms with Crippen LogP contribution >= 0.6 is 0 Å². The van der Waals surface area contributed by atoms with Gasteiger partial charge in [0.2, 0.25) is 0 Å². The van der Waals surface area contributed by atoms with E-state index in [0.29, 0.717) is 0 Å². The predicted octanol–water partition coefficient (Wildman–Crippen LogP) is -2.16. The zero-order valence-corrected chi connectivity index (χ0v) is 6.26. The van der Waals surface area contributed by atoms with Crippen molar-refractivity contribution in [3.05, 3.63) is 0 Å². The van der Waals surface area contributed by atoms with E-state index in [2.05, 4.69) is 0 Å². The van der Waals surface area contributed by atoms with E-state index in [1.165, 1.54) is 0 Å². The molecule has 0 aromatic heterocycles. The van der Waals surface area contributed by atoms with E-state index in [-0.39, 0.29) is 90.5 Å². The van der Waals surface area contributed by atoms with Crippen LogP contribution in [0.15, 0.2) is 0 Å². The molecule has 0 saturated carbocycles. The summed E-state index contributed by atoms with van der Waals surface area (Å²) in [4.78, 5) is 0. The Kier molecular flexibility index (Phi) is 132. The van der Waals surface area contributed by atoms with Crippen LogP contribution in [0.5, 0.6) is 0 Å². The summed E-state index contributed by atoms with van der Waals surface area (Å²) < 4.78 is 0. The Morgan fingerprint density at radius 2 is 1.25 bits per heavy atom. The molecule has 0 unspecified atom stereocenters. The molecular formula is H7AlCeMgO. The van der Waals surface area contributed by atoms with Crippen LogP contribution < -0.4 is 0 Å². The van der Waals surface area contributed by atoms with Crippen LogP contribution in [0.1, 0.15) is 2.85 Å². The maximum atomic E-state index is 0. The maximum absolute atomic E-state index is 0. The first kappa shape index (κ1) is 30.3. The first-order valence-corrected chi connectivity index (χ1v) is 0. The first-order valence-electron chi connectivity index (χ1n) is 0. The van der Waals surface area contributed by atoms with Gasteiger partial charge in [0.15, 0.2) is 17.4 Å². The zero-order chi connectivity index (χ0) is 0. The Morgan fingerprint density at radius 3 is 1.25 bits per heavy atom. The van der Waals surface area contributed by atoms with Crippen LogP contribution in [0.2, 0.25) is 0 Å². The van der Waals surface area contributed by atoms with Crippen LogP contribution in [0, 0.1) is 41.7 Å². The second-order valence-corrected chi connectivity index (χ2v) is 0. The van der Waals surface area contributed by atoms with E-state index in [0.717, 1.165) is 0 Å². The summed E-state index contributed by atoms with van der Waals surface area (Å²) in [6.45, 7) is 0. The minimum atomic E-state index is 0. The molecule has 0 radical (unpaired) electrons. The predicted molar refractivity (Wildman–Crippen MR) is 21.5 cm³/mol. The fourth-order valence-electron chi connectivity index (χ4n) is 0. The minimum Gasteiger partial charge on any atom is -1.00 e. The molecule has 0 spiro atoms. The van der Waals surface area contributed by atoms with Gasteiger partial charge in [-0.1, -0.05) is 0 Å². The summed E-state index contributed by atoms with van der Waals surface area (Å²) in [6, 6.07) is 0. The molecule has 0 aliphatic heterocycles. The molecule has 4 heavy (non-hydrogen) atoms. The van der Waals surface area contributed by atoms with Crippen LogP contribution in [-0.2, 0) is 0 Å². The molecule has 0 aromatic rings. The Labute approximate surface area is 88.8 Å². The van der Waals surface area contributed by atoms with Gasteiger partial charge in [-0.15, -0.1) is 0 Å². The van der Waals surface area contributed by atoms with Crippen LogP contribution in [0.3, 0.4) is 0 Å². The monoisotopic (exact) mass is 214 g/mol. The Bertz CT molecular complexity index is 13.5. The fraction of sp³-hybridized carbons (Fsp3) is 0. The van der Waals surface area contributed by atoms with Gasteiger partial charge in [0.25, 0.3) is 0 Å². The van der Waals surface area contributed by atoms with E-state index < -0.39 is 0 Å². The van der Waals surface area contributed by atoms with Crippen molar-refractivity contribution in [1.29, 1.82) is 0 Å².